The van der Waals surface area contributed by atoms with Crippen LogP contribution in [0.25, 0.3) is 0 Å². The van der Waals surface area contributed by atoms with E-state index in [0.717, 1.165) is 5.56 Å². The van der Waals surface area contributed by atoms with Crippen molar-refractivity contribution in [2.45, 2.75) is 6.92 Å². The van der Waals surface area contributed by atoms with Crippen molar-refractivity contribution >= 4 is 23.2 Å². The highest BCUT2D eigenvalue weighted by Gasteiger charge is 2.10. The molecule has 0 fully saturated rings. The SMILES string of the molecule is Cc1cncc(NC(=O)c2cnccc2Cl)c1. The molecule has 86 valence electrons. The largest absolute Gasteiger partial charge is 0.320 e. The van der Waals surface area contributed by atoms with Gasteiger partial charge in [-0.1, -0.05) is 11.6 Å². The van der Waals surface area contributed by atoms with E-state index in [-0.39, 0.29) is 5.91 Å². The Balaban J connectivity index is 2.20. The van der Waals surface area contributed by atoms with Crippen molar-refractivity contribution in [2.24, 2.45) is 0 Å². The van der Waals surface area contributed by atoms with E-state index in [1.807, 2.05) is 13.0 Å². The van der Waals surface area contributed by atoms with Crippen LogP contribution >= 0.6 is 11.6 Å². The van der Waals surface area contributed by atoms with Gasteiger partial charge in [0, 0.05) is 18.6 Å². The van der Waals surface area contributed by atoms with Crippen LogP contribution in [0.5, 0.6) is 0 Å². The number of anilines is 1. The van der Waals surface area contributed by atoms with Crippen LogP contribution in [0.15, 0.2) is 36.9 Å². The van der Waals surface area contributed by atoms with Crippen molar-refractivity contribution < 1.29 is 4.79 Å². The number of rotatable bonds is 2. The number of hydrogen-bond acceptors (Lipinski definition) is 3. The average molecular weight is 248 g/mol. The number of amides is 1. The third kappa shape index (κ3) is 2.79. The molecule has 0 spiro atoms. The molecule has 2 aromatic rings. The first kappa shape index (κ1) is 11.5. The van der Waals surface area contributed by atoms with E-state index in [1.165, 1.54) is 12.4 Å². The summed E-state index contributed by atoms with van der Waals surface area (Å²) in [5.41, 5.74) is 1.95. The predicted octanol–water partition coefficient (Wildman–Crippen LogP) is 2.69. The maximum atomic E-state index is 11.9. The van der Waals surface area contributed by atoms with Crippen LogP contribution in [-0.4, -0.2) is 15.9 Å². The first-order valence-electron chi connectivity index (χ1n) is 4.99. The van der Waals surface area contributed by atoms with Gasteiger partial charge in [-0.15, -0.1) is 0 Å². The van der Waals surface area contributed by atoms with Crippen LogP contribution in [0, 0.1) is 6.92 Å². The second-order valence-corrected chi connectivity index (χ2v) is 3.97. The van der Waals surface area contributed by atoms with Crippen LogP contribution in [0.3, 0.4) is 0 Å². The minimum absolute atomic E-state index is 0.296. The fourth-order valence-electron chi connectivity index (χ4n) is 1.37. The van der Waals surface area contributed by atoms with Gasteiger partial charge in [-0.3, -0.25) is 14.8 Å². The van der Waals surface area contributed by atoms with Crippen molar-refractivity contribution in [1.29, 1.82) is 0 Å². The molecule has 2 aromatic heterocycles. The van der Waals surface area contributed by atoms with Gasteiger partial charge in [0.1, 0.15) is 0 Å². The highest BCUT2D eigenvalue weighted by molar-refractivity contribution is 6.34. The smallest absolute Gasteiger partial charge is 0.258 e. The molecule has 5 heteroatoms. The minimum atomic E-state index is -0.296. The van der Waals surface area contributed by atoms with Gasteiger partial charge >= 0.3 is 0 Å². The lowest BCUT2D eigenvalue weighted by molar-refractivity contribution is 0.102. The van der Waals surface area contributed by atoms with E-state index in [0.29, 0.717) is 16.3 Å². The van der Waals surface area contributed by atoms with Crippen molar-refractivity contribution in [3.63, 3.8) is 0 Å². The molecule has 0 aliphatic carbocycles. The van der Waals surface area contributed by atoms with Crippen molar-refractivity contribution in [3.8, 4) is 0 Å². The van der Waals surface area contributed by atoms with Crippen molar-refractivity contribution in [2.75, 3.05) is 5.32 Å². The summed E-state index contributed by atoms with van der Waals surface area (Å²) >= 11 is 5.90. The third-order valence-electron chi connectivity index (χ3n) is 2.15. The van der Waals surface area contributed by atoms with E-state index in [4.69, 9.17) is 11.6 Å². The molecule has 4 nitrogen and oxygen atoms in total. The molecule has 2 rings (SSSR count). The molecule has 0 aliphatic heterocycles. The fourth-order valence-corrected chi connectivity index (χ4v) is 1.56. The second-order valence-electron chi connectivity index (χ2n) is 3.56. The van der Waals surface area contributed by atoms with Crippen LogP contribution in [-0.2, 0) is 0 Å². The Labute approximate surface area is 104 Å². The summed E-state index contributed by atoms with van der Waals surface area (Å²) in [6.45, 7) is 1.90. The zero-order valence-electron chi connectivity index (χ0n) is 9.14. The predicted molar refractivity (Wildman–Crippen MR) is 66.2 cm³/mol. The Morgan fingerprint density at radius 1 is 1.29 bits per heavy atom. The molecule has 0 aromatic carbocycles. The van der Waals surface area contributed by atoms with E-state index >= 15 is 0 Å². The van der Waals surface area contributed by atoms with Gasteiger partial charge < -0.3 is 5.32 Å². The summed E-state index contributed by atoms with van der Waals surface area (Å²) in [5.74, 6) is -0.296. The van der Waals surface area contributed by atoms with Gasteiger partial charge in [0.05, 0.1) is 22.5 Å². The normalized spacial score (nSPS) is 10.0. The number of halogens is 1. The highest BCUT2D eigenvalue weighted by Crippen LogP contribution is 2.16. The standard InChI is InChI=1S/C12H10ClN3O/c1-8-4-9(6-15-5-8)16-12(17)10-7-14-3-2-11(10)13/h2-7H,1H3,(H,16,17). The molecular formula is C12H10ClN3O. The lowest BCUT2D eigenvalue weighted by Gasteiger charge is -2.06. The Morgan fingerprint density at radius 2 is 2.12 bits per heavy atom. The zero-order chi connectivity index (χ0) is 12.3. The van der Waals surface area contributed by atoms with E-state index < -0.39 is 0 Å². The lowest BCUT2D eigenvalue weighted by atomic mass is 10.2. The maximum Gasteiger partial charge on any atom is 0.258 e. The van der Waals surface area contributed by atoms with Crippen molar-refractivity contribution in [1.82, 2.24) is 9.97 Å². The molecule has 0 unspecified atom stereocenters. The number of carbonyl (C=O) groups is 1. The summed E-state index contributed by atoms with van der Waals surface area (Å²) in [7, 11) is 0. The quantitative estimate of drug-likeness (QED) is 0.888. The molecule has 1 N–H and O–H groups in total. The Bertz CT molecular complexity index is 557. The Morgan fingerprint density at radius 3 is 2.82 bits per heavy atom. The number of carbonyl (C=O) groups excluding carboxylic acids is 1. The van der Waals surface area contributed by atoms with Gasteiger partial charge in [-0.25, -0.2) is 0 Å². The van der Waals surface area contributed by atoms with E-state index in [2.05, 4.69) is 15.3 Å². The summed E-state index contributed by atoms with van der Waals surface area (Å²) in [5, 5.41) is 3.09. The van der Waals surface area contributed by atoms with Crippen LogP contribution in [0.2, 0.25) is 5.02 Å². The van der Waals surface area contributed by atoms with Crippen molar-refractivity contribution in [3.05, 3.63) is 53.1 Å². The van der Waals surface area contributed by atoms with E-state index in [9.17, 15) is 4.79 Å². The highest BCUT2D eigenvalue weighted by atomic mass is 35.5. The lowest BCUT2D eigenvalue weighted by Crippen LogP contribution is -2.13. The number of nitrogens with one attached hydrogen (secondary N) is 1. The topological polar surface area (TPSA) is 54.9 Å². The number of pyridine rings is 2. The monoisotopic (exact) mass is 247 g/mol. The number of nitrogens with zero attached hydrogens (tertiary/aromatic N) is 2. The van der Waals surface area contributed by atoms with Gasteiger partial charge in [-0.2, -0.15) is 0 Å². The third-order valence-corrected chi connectivity index (χ3v) is 2.47. The van der Waals surface area contributed by atoms with Crippen LogP contribution in [0.1, 0.15) is 15.9 Å². The molecule has 0 atom stereocenters. The number of hydrogen-bond donors (Lipinski definition) is 1. The summed E-state index contributed by atoms with van der Waals surface area (Å²) in [6, 6.07) is 3.40. The average Bonchev–Trinajstić information content (AvgIpc) is 2.29. The molecule has 17 heavy (non-hydrogen) atoms. The molecule has 1 amide bonds. The van der Waals surface area contributed by atoms with Crippen LogP contribution < -0.4 is 5.32 Å². The number of aromatic nitrogens is 2. The molecular weight excluding hydrogens is 238 g/mol. The first-order chi connectivity index (χ1) is 8.16. The summed E-state index contributed by atoms with van der Waals surface area (Å²) < 4.78 is 0. The Kier molecular flexibility index (Phi) is 3.35. The summed E-state index contributed by atoms with van der Waals surface area (Å²) in [4.78, 5) is 19.7. The molecule has 0 aliphatic rings. The zero-order valence-corrected chi connectivity index (χ0v) is 9.90. The maximum absolute atomic E-state index is 11.9. The van der Waals surface area contributed by atoms with Gasteiger partial charge in [0.25, 0.3) is 5.91 Å². The second kappa shape index (κ2) is 4.93. The van der Waals surface area contributed by atoms with Gasteiger partial charge in [0.15, 0.2) is 0 Å². The fraction of sp³-hybridized carbons (Fsp3) is 0.0833. The Hall–Kier alpha value is -1.94. The molecule has 0 saturated heterocycles. The summed E-state index contributed by atoms with van der Waals surface area (Å²) in [6.07, 6.45) is 6.26. The minimum Gasteiger partial charge on any atom is -0.320 e. The van der Waals surface area contributed by atoms with Gasteiger partial charge in [0.2, 0.25) is 0 Å². The molecule has 2 heterocycles. The molecule has 0 radical (unpaired) electrons. The van der Waals surface area contributed by atoms with Gasteiger partial charge in [-0.05, 0) is 24.6 Å². The van der Waals surface area contributed by atoms with E-state index in [1.54, 1.807) is 18.5 Å². The molecule has 0 saturated carbocycles. The number of aryl methyl sites for hydroxylation is 1. The first-order valence-corrected chi connectivity index (χ1v) is 5.37. The molecule has 0 bridgehead atoms. The van der Waals surface area contributed by atoms with Crippen LogP contribution in [0.4, 0.5) is 5.69 Å².